The van der Waals surface area contributed by atoms with Gasteiger partial charge in [-0.15, -0.1) is 0 Å². The highest BCUT2D eigenvalue weighted by atomic mass is 16.4. The Morgan fingerprint density at radius 1 is 0.907 bits per heavy atom. The summed E-state index contributed by atoms with van der Waals surface area (Å²) in [4.78, 5) is 69.5. The number of amides is 3. The van der Waals surface area contributed by atoms with Crippen molar-refractivity contribution in [3.05, 3.63) is 36.0 Å². The fourth-order valence-corrected chi connectivity index (χ4v) is 4.47. The number of aliphatic carboxylic acids is 2. The number of para-hydroxylation sites is 1. The van der Waals surface area contributed by atoms with Gasteiger partial charge in [0, 0.05) is 36.5 Å². The first-order chi connectivity index (χ1) is 20.3. The lowest BCUT2D eigenvalue weighted by Gasteiger charge is -2.25. The normalized spacial score (nSPS) is 13.9. The van der Waals surface area contributed by atoms with E-state index in [0.717, 1.165) is 16.5 Å². The van der Waals surface area contributed by atoms with Crippen molar-refractivity contribution in [1.82, 2.24) is 20.9 Å². The third kappa shape index (κ3) is 11.6. The van der Waals surface area contributed by atoms with Crippen molar-refractivity contribution in [2.75, 3.05) is 6.54 Å². The number of hydrogen-bond donors (Lipinski definition) is 9. The first kappa shape index (κ1) is 34.5. The van der Waals surface area contributed by atoms with E-state index >= 15 is 0 Å². The van der Waals surface area contributed by atoms with Gasteiger partial charge in [0.05, 0.1) is 6.04 Å². The van der Waals surface area contributed by atoms with Gasteiger partial charge in [-0.2, -0.15) is 0 Å². The van der Waals surface area contributed by atoms with Crippen LogP contribution < -0.4 is 33.2 Å². The number of aromatic nitrogens is 1. The van der Waals surface area contributed by atoms with E-state index in [2.05, 4.69) is 25.9 Å². The molecule has 3 amide bonds. The number of aromatic amines is 1. The van der Waals surface area contributed by atoms with Crippen LogP contribution in [0.2, 0.25) is 0 Å². The number of H-pyrrole nitrogens is 1. The van der Waals surface area contributed by atoms with Gasteiger partial charge in [-0.1, -0.05) is 32.0 Å². The van der Waals surface area contributed by atoms with Crippen LogP contribution in [0, 0.1) is 5.92 Å². The standard InChI is InChI=1S/C28H42N8O7/c1-15(2)12-18(29)24(39)36-22(13-16-14-33-19-7-4-3-6-17(16)19)26(41)34-20(8-5-11-32-28(30)31)25(40)35-21(27(42)43)9-10-23(37)38/h3-4,6-7,14-15,18,20-22,33H,5,8-13,29H2,1-2H3,(H,34,41)(H,35,40)(H,36,39)(H,37,38)(H,42,43)(H4,30,31,32). The molecule has 0 aliphatic rings. The summed E-state index contributed by atoms with van der Waals surface area (Å²) in [5.74, 6) is -4.77. The molecule has 0 bridgehead atoms. The number of rotatable bonds is 18. The van der Waals surface area contributed by atoms with Gasteiger partial charge < -0.3 is 48.3 Å². The van der Waals surface area contributed by atoms with E-state index in [-0.39, 0.29) is 44.1 Å². The summed E-state index contributed by atoms with van der Waals surface area (Å²) in [6, 6.07) is 2.66. The van der Waals surface area contributed by atoms with Gasteiger partial charge in [0.1, 0.15) is 18.1 Å². The number of guanidine groups is 1. The predicted octanol–water partition coefficient (Wildman–Crippen LogP) is -0.459. The second-order valence-electron chi connectivity index (χ2n) is 10.7. The molecule has 2 aromatic rings. The van der Waals surface area contributed by atoms with E-state index in [4.69, 9.17) is 22.3 Å². The predicted molar refractivity (Wildman–Crippen MR) is 160 cm³/mol. The molecule has 2 rings (SSSR count). The van der Waals surface area contributed by atoms with Crippen molar-refractivity contribution in [3.63, 3.8) is 0 Å². The lowest BCUT2D eigenvalue weighted by molar-refractivity contribution is -0.143. The first-order valence-electron chi connectivity index (χ1n) is 14.0. The summed E-state index contributed by atoms with van der Waals surface area (Å²) in [7, 11) is 0. The van der Waals surface area contributed by atoms with Gasteiger partial charge in [0.15, 0.2) is 5.96 Å². The Morgan fingerprint density at radius 3 is 2.16 bits per heavy atom. The van der Waals surface area contributed by atoms with Crippen molar-refractivity contribution in [2.45, 2.75) is 76.5 Å². The highest BCUT2D eigenvalue weighted by Gasteiger charge is 2.31. The number of nitrogens with one attached hydrogen (secondary N) is 4. The fourth-order valence-electron chi connectivity index (χ4n) is 4.47. The molecule has 15 nitrogen and oxygen atoms in total. The molecule has 0 aliphatic carbocycles. The summed E-state index contributed by atoms with van der Waals surface area (Å²) in [6.45, 7) is 3.95. The van der Waals surface area contributed by atoms with Crippen molar-refractivity contribution in [2.24, 2.45) is 28.1 Å². The zero-order valence-electron chi connectivity index (χ0n) is 24.3. The van der Waals surface area contributed by atoms with Gasteiger partial charge in [0.2, 0.25) is 17.7 Å². The minimum absolute atomic E-state index is 0.0141. The molecule has 4 atom stereocenters. The Morgan fingerprint density at radius 2 is 1.53 bits per heavy atom. The monoisotopic (exact) mass is 602 g/mol. The molecular weight excluding hydrogens is 560 g/mol. The van der Waals surface area contributed by atoms with Crippen LogP contribution >= 0.6 is 0 Å². The molecule has 43 heavy (non-hydrogen) atoms. The summed E-state index contributed by atoms with van der Waals surface area (Å²) >= 11 is 0. The molecule has 1 heterocycles. The molecular formula is C28H42N8O7. The van der Waals surface area contributed by atoms with Crippen LogP contribution in [0.3, 0.4) is 0 Å². The molecule has 0 saturated heterocycles. The molecule has 0 radical (unpaired) electrons. The molecule has 0 saturated carbocycles. The number of nitrogens with zero attached hydrogens (tertiary/aromatic N) is 1. The van der Waals surface area contributed by atoms with E-state index in [1.807, 2.05) is 38.1 Å². The van der Waals surface area contributed by atoms with Crippen LogP contribution in [-0.2, 0) is 30.4 Å². The number of carbonyl (C=O) groups excluding carboxylic acids is 3. The molecule has 0 fully saturated rings. The van der Waals surface area contributed by atoms with Gasteiger partial charge in [-0.3, -0.25) is 24.2 Å². The Bertz CT molecular complexity index is 1310. The number of aliphatic imine (C=N–C) groups is 1. The topological polar surface area (TPSA) is 268 Å². The zero-order chi connectivity index (χ0) is 32.1. The largest absolute Gasteiger partial charge is 0.481 e. The van der Waals surface area contributed by atoms with Crippen LogP contribution in [0.1, 0.15) is 51.5 Å². The number of nitrogens with two attached hydrogens (primary N) is 3. The zero-order valence-corrected chi connectivity index (χ0v) is 24.3. The van der Waals surface area contributed by atoms with Crippen LogP contribution in [-0.4, -0.2) is 81.5 Å². The summed E-state index contributed by atoms with van der Waals surface area (Å²) in [6.07, 6.45) is 1.57. The number of carbonyl (C=O) groups is 5. The second-order valence-corrected chi connectivity index (χ2v) is 10.7. The van der Waals surface area contributed by atoms with Crippen LogP contribution in [0.25, 0.3) is 10.9 Å². The molecule has 12 N–H and O–H groups in total. The van der Waals surface area contributed by atoms with Crippen molar-refractivity contribution in [3.8, 4) is 0 Å². The number of carboxylic acids is 2. The summed E-state index contributed by atoms with van der Waals surface area (Å²) in [5.41, 5.74) is 18.4. The van der Waals surface area contributed by atoms with E-state index < -0.39 is 60.2 Å². The minimum atomic E-state index is -1.50. The first-order valence-corrected chi connectivity index (χ1v) is 14.0. The Balaban J connectivity index is 2.32. The average Bonchev–Trinajstić information content (AvgIpc) is 3.33. The van der Waals surface area contributed by atoms with Crippen LogP contribution in [0.15, 0.2) is 35.5 Å². The SMILES string of the molecule is CC(C)CC(N)C(=O)NC(Cc1c[nH]c2ccccc12)C(=O)NC(CCCN=C(N)N)C(=O)NC(CCC(=O)O)C(=O)O. The maximum atomic E-state index is 13.7. The second kappa shape index (κ2) is 16.7. The lowest BCUT2D eigenvalue weighted by Crippen LogP contribution is -2.57. The third-order valence-corrected chi connectivity index (χ3v) is 6.63. The number of hydrogen-bond acceptors (Lipinski definition) is 7. The molecule has 1 aromatic heterocycles. The molecule has 0 aliphatic heterocycles. The van der Waals surface area contributed by atoms with Gasteiger partial charge >= 0.3 is 11.9 Å². The quantitative estimate of drug-likeness (QED) is 0.0602. The Labute approximate surface area is 249 Å². The molecule has 15 heteroatoms. The van der Waals surface area contributed by atoms with E-state index in [0.29, 0.717) is 6.42 Å². The van der Waals surface area contributed by atoms with E-state index in [1.54, 1.807) is 6.20 Å². The van der Waals surface area contributed by atoms with E-state index in [1.165, 1.54) is 0 Å². The number of carboxylic acid groups (broad SMARTS) is 2. The van der Waals surface area contributed by atoms with Gasteiger partial charge in [-0.05, 0) is 43.2 Å². The van der Waals surface area contributed by atoms with Crippen molar-refractivity contribution >= 4 is 46.5 Å². The molecule has 1 aromatic carbocycles. The summed E-state index contributed by atoms with van der Waals surface area (Å²) < 4.78 is 0. The minimum Gasteiger partial charge on any atom is -0.481 e. The van der Waals surface area contributed by atoms with Crippen LogP contribution in [0.4, 0.5) is 0 Å². The lowest BCUT2D eigenvalue weighted by atomic mass is 10.0. The average molecular weight is 603 g/mol. The Kier molecular flexibility index (Phi) is 13.4. The van der Waals surface area contributed by atoms with Gasteiger partial charge in [0.25, 0.3) is 0 Å². The van der Waals surface area contributed by atoms with Crippen LogP contribution in [0.5, 0.6) is 0 Å². The van der Waals surface area contributed by atoms with Crippen molar-refractivity contribution in [1.29, 1.82) is 0 Å². The number of benzene rings is 1. The van der Waals surface area contributed by atoms with Gasteiger partial charge in [-0.25, -0.2) is 4.79 Å². The fraction of sp³-hybridized carbons (Fsp3) is 0.500. The molecule has 0 spiro atoms. The highest BCUT2D eigenvalue weighted by molar-refractivity contribution is 5.95. The maximum absolute atomic E-state index is 13.7. The Hall–Kier alpha value is -4.66. The van der Waals surface area contributed by atoms with Crippen molar-refractivity contribution < 1.29 is 34.2 Å². The molecule has 236 valence electrons. The number of fused-ring (bicyclic) bond motifs is 1. The smallest absolute Gasteiger partial charge is 0.326 e. The summed E-state index contributed by atoms with van der Waals surface area (Å²) in [5, 5.41) is 26.9. The molecule has 4 unspecified atom stereocenters. The third-order valence-electron chi connectivity index (χ3n) is 6.63. The highest BCUT2D eigenvalue weighted by Crippen LogP contribution is 2.19. The van der Waals surface area contributed by atoms with E-state index in [9.17, 15) is 29.1 Å². The maximum Gasteiger partial charge on any atom is 0.326 e.